The molecule has 0 atom stereocenters. The summed E-state index contributed by atoms with van der Waals surface area (Å²) in [7, 11) is 0. The molecular formula is C45H30N2. The molecule has 0 saturated carbocycles. The number of pyridine rings is 2. The predicted molar refractivity (Wildman–Crippen MR) is 198 cm³/mol. The number of hydrogen-bond donors (Lipinski definition) is 0. The van der Waals surface area contributed by atoms with Gasteiger partial charge < -0.3 is 0 Å². The molecule has 0 spiro atoms. The van der Waals surface area contributed by atoms with Gasteiger partial charge in [0.1, 0.15) is 0 Å². The van der Waals surface area contributed by atoms with Gasteiger partial charge in [0.25, 0.3) is 0 Å². The highest BCUT2D eigenvalue weighted by Crippen LogP contribution is 2.54. The van der Waals surface area contributed by atoms with Crippen molar-refractivity contribution in [1.82, 2.24) is 9.97 Å². The van der Waals surface area contributed by atoms with Gasteiger partial charge in [0.05, 0.1) is 16.9 Å². The molecule has 9 aromatic rings. The highest BCUT2D eigenvalue weighted by Gasteiger charge is 2.38. The number of nitrogens with zero attached hydrogens (tertiary/aromatic N) is 2. The Kier molecular flexibility index (Phi) is 5.37. The molecule has 0 bridgehead atoms. The van der Waals surface area contributed by atoms with E-state index in [2.05, 4.69) is 153 Å². The number of rotatable bonds is 2. The van der Waals surface area contributed by atoms with Gasteiger partial charge in [0.15, 0.2) is 0 Å². The monoisotopic (exact) mass is 598 g/mol. The molecule has 7 aromatic carbocycles. The largest absolute Gasteiger partial charge is 0.256 e. The minimum Gasteiger partial charge on any atom is -0.256 e. The molecule has 47 heavy (non-hydrogen) atoms. The topological polar surface area (TPSA) is 25.8 Å². The zero-order valence-electron chi connectivity index (χ0n) is 26.3. The predicted octanol–water partition coefficient (Wildman–Crippen LogP) is 11.9. The highest BCUT2D eigenvalue weighted by molar-refractivity contribution is 6.25. The van der Waals surface area contributed by atoms with Crippen LogP contribution in [-0.2, 0) is 5.41 Å². The number of fused-ring (bicyclic) bond motifs is 14. The number of benzene rings is 7. The molecule has 0 fully saturated rings. The summed E-state index contributed by atoms with van der Waals surface area (Å²) in [6.07, 6.45) is 1.91. The van der Waals surface area contributed by atoms with E-state index in [1.165, 1.54) is 70.7 Å². The van der Waals surface area contributed by atoms with E-state index >= 15 is 0 Å². The molecule has 220 valence electrons. The smallest absolute Gasteiger partial charge is 0.0783 e. The fourth-order valence-corrected chi connectivity index (χ4v) is 8.32. The van der Waals surface area contributed by atoms with Crippen LogP contribution in [0.1, 0.15) is 25.0 Å². The second-order valence-corrected chi connectivity index (χ2v) is 13.3. The number of aromatic nitrogens is 2. The molecular weight excluding hydrogens is 569 g/mol. The summed E-state index contributed by atoms with van der Waals surface area (Å²) in [6.45, 7) is 4.71. The van der Waals surface area contributed by atoms with Crippen molar-refractivity contribution in [1.29, 1.82) is 0 Å². The molecule has 1 aliphatic rings. The van der Waals surface area contributed by atoms with E-state index in [1.807, 2.05) is 6.20 Å². The van der Waals surface area contributed by atoms with Crippen LogP contribution >= 0.6 is 0 Å². The zero-order valence-corrected chi connectivity index (χ0v) is 26.3. The standard InChI is InChI=1S/C45H30N2/c1-45(2)39-26-28(21-23-36(39)42-34-15-7-8-16-35(34)44-37(43(42)45)17-10-24-46-44)41-19-9-18-40(47-41)27-20-22-33-31-13-4-3-11-29(31)30-12-5-6-14-32(30)38(33)25-27/h3-26H,1-2H3. The van der Waals surface area contributed by atoms with Crippen LogP contribution in [0, 0.1) is 0 Å². The first-order valence-electron chi connectivity index (χ1n) is 16.3. The minimum atomic E-state index is -0.189. The summed E-state index contributed by atoms with van der Waals surface area (Å²) in [5.41, 5.74) is 10.5. The van der Waals surface area contributed by atoms with Gasteiger partial charge in [0.2, 0.25) is 0 Å². The van der Waals surface area contributed by atoms with Crippen LogP contribution in [0.15, 0.2) is 146 Å². The van der Waals surface area contributed by atoms with E-state index in [-0.39, 0.29) is 5.41 Å². The number of hydrogen-bond acceptors (Lipinski definition) is 2. The molecule has 0 saturated heterocycles. The zero-order chi connectivity index (χ0) is 31.3. The molecule has 2 aromatic heterocycles. The van der Waals surface area contributed by atoms with Crippen molar-refractivity contribution in [3.8, 4) is 33.6 Å². The maximum Gasteiger partial charge on any atom is 0.0783 e. The lowest BCUT2D eigenvalue weighted by molar-refractivity contribution is 0.666. The highest BCUT2D eigenvalue weighted by atomic mass is 14.7. The first kappa shape index (κ1) is 26.4. The molecule has 2 heteroatoms. The van der Waals surface area contributed by atoms with Crippen molar-refractivity contribution in [3.05, 3.63) is 157 Å². The van der Waals surface area contributed by atoms with E-state index in [0.29, 0.717) is 0 Å². The average molecular weight is 599 g/mol. The van der Waals surface area contributed by atoms with Gasteiger partial charge in [-0.1, -0.05) is 123 Å². The van der Waals surface area contributed by atoms with E-state index in [0.717, 1.165) is 28.0 Å². The minimum absolute atomic E-state index is 0.189. The Bertz CT molecular complexity index is 2740. The van der Waals surface area contributed by atoms with Crippen LogP contribution in [0.5, 0.6) is 0 Å². The van der Waals surface area contributed by atoms with E-state index in [1.54, 1.807) is 0 Å². The van der Waals surface area contributed by atoms with Crippen LogP contribution in [0.4, 0.5) is 0 Å². The van der Waals surface area contributed by atoms with Gasteiger partial charge >= 0.3 is 0 Å². The first-order valence-corrected chi connectivity index (χ1v) is 16.3. The average Bonchev–Trinajstić information content (AvgIpc) is 3.38. The third-order valence-electron chi connectivity index (χ3n) is 10.5. The normalized spacial score (nSPS) is 13.5. The van der Waals surface area contributed by atoms with Gasteiger partial charge in [-0.15, -0.1) is 0 Å². The molecule has 0 N–H and O–H groups in total. The molecule has 10 rings (SSSR count). The Morgan fingerprint density at radius 3 is 1.70 bits per heavy atom. The summed E-state index contributed by atoms with van der Waals surface area (Å²) >= 11 is 0. The molecule has 0 aliphatic heterocycles. The molecule has 0 amide bonds. The second kappa shape index (κ2) is 9.57. The van der Waals surface area contributed by atoms with Crippen LogP contribution in [0.3, 0.4) is 0 Å². The van der Waals surface area contributed by atoms with Crippen molar-refractivity contribution in [2.75, 3.05) is 0 Å². The maximum absolute atomic E-state index is 5.27. The lowest BCUT2D eigenvalue weighted by Crippen LogP contribution is -2.16. The third kappa shape index (κ3) is 3.67. The SMILES string of the molecule is CC1(C)c2cc(-c3cccc(-c4ccc5c6ccccc6c6ccccc6c5c4)n3)ccc2-c2c1c1cccnc1c1ccccc21. The first-order chi connectivity index (χ1) is 23.1. The third-order valence-corrected chi connectivity index (χ3v) is 10.5. The van der Waals surface area contributed by atoms with Crippen LogP contribution in [0.2, 0.25) is 0 Å². The summed E-state index contributed by atoms with van der Waals surface area (Å²) in [6, 6.07) is 50.7. The summed E-state index contributed by atoms with van der Waals surface area (Å²) in [5.74, 6) is 0. The van der Waals surface area contributed by atoms with Crippen molar-refractivity contribution in [2.24, 2.45) is 0 Å². The Hall–Kier alpha value is -5.86. The quantitative estimate of drug-likeness (QED) is 0.185. The summed E-state index contributed by atoms with van der Waals surface area (Å²) in [4.78, 5) is 10.1. The summed E-state index contributed by atoms with van der Waals surface area (Å²) in [5, 5.41) is 11.4. The molecule has 2 heterocycles. The van der Waals surface area contributed by atoms with Crippen LogP contribution in [-0.4, -0.2) is 9.97 Å². The van der Waals surface area contributed by atoms with Gasteiger partial charge in [0, 0.05) is 33.5 Å². The lowest BCUT2D eigenvalue weighted by Gasteiger charge is -2.24. The van der Waals surface area contributed by atoms with E-state index < -0.39 is 0 Å². The van der Waals surface area contributed by atoms with Crippen LogP contribution < -0.4 is 0 Å². The maximum atomic E-state index is 5.27. The Morgan fingerprint density at radius 1 is 0.447 bits per heavy atom. The summed E-state index contributed by atoms with van der Waals surface area (Å²) < 4.78 is 0. The molecule has 0 radical (unpaired) electrons. The fourth-order valence-electron chi connectivity index (χ4n) is 8.32. The van der Waals surface area contributed by atoms with Crippen molar-refractivity contribution < 1.29 is 0 Å². The van der Waals surface area contributed by atoms with Gasteiger partial charge in [-0.2, -0.15) is 0 Å². The van der Waals surface area contributed by atoms with E-state index in [4.69, 9.17) is 9.97 Å². The van der Waals surface area contributed by atoms with Gasteiger partial charge in [-0.05, 0) is 90.3 Å². The van der Waals surface area contributed by atoms with Crippen molar-refractivity contribution >= 4 is 54.0 Å². The Balaban J connectivity index is 1.13. The Morgan fingerprint density at radius 2 is 1.00 bits per heavy atom. The second-order valence-electron chi connectivity index (χ2n) is 13.3. The molecule has 0 unspecified atom stereocenters. The van der Waals surface area contributed by atoms with Crippen LogP contribution in [0.25, 0.3) is 87.6 Å². The Labute approximate surface area is 273 Å². The van der Waals surface area contributed by atoms with Gasteiger partial charge in [-0.25, -0.2) is 4.98 Å². The fraction of sp³-hybridized carbons (Fsp3) is 0.0667. The lowest BCUT2D eigenvalue weighted by atomic mass is 9.79. The molecule has 2 nitrogen and oxygen atoms in total. The van der Waals surface area contributed by atoms with Crippen molar-refractivity contribution in [2.45, 2.75) is 19.3 Å². The van der Waals surface area contributed by atoms with Gasteiger partial charge in [-0.3, -0.25) is 4.98 Å². The van der Waals surface area contributed by atoms with E-state index in [9.17, 15) is 0 Å². The van der Waals surface area contributed by atoms with Crippen molar-refractivity contribution in [3.63, 3.8) is 0 Å². The molecule has 1 aliphatic carbocycles.